The summed E-state index contributed by atoms with van der Waals surface area (Å²) in [5.74, 6) is 1.08. The Morgan fingerprint density at radius 2 is 1.88 bits per heavy atom. The highest BCUT2D eigenvalue weighted by molar-refractivity contribution is 6.18. The first-order valence-electron chi connectivity index (χ1n) is 5.78. The van der Waals surface area contributed by atoms with Gasteiger partial charge in [-0.3, -0.25) is 4.90 Å². The van der Waals surface area contributed by atoms with Gasteiger partial charge in [-0.15, -0.1) is 11.6 Å². The van der Waals surface area contributed by atoms with Crippen molar-refractivity contribution in [3.63, 3.8) is 0 Å². The molecular weight excluding hydrogens is 240 g/mol. The third-order valence-corrected chi connectivity index (χ3v) is 3.21. The third-order valence-electron chi connectivity index (χ3n) is 2.85. The van der Waals surface area contributed by atoms with E-state index in [2.05, 4.69) is 19.8 Å². The van der Waals surface area contributed by atoms with E-state index < -0.39 is 6.10 Å². The van der Waals surface area contributed by atoms with Gasteiger partial charge in [-0.2, -0.15) is 0 Å². The minimum absolute atomic E-state index is 0.294. The molecule has 1 N–H and O–H groups in total. The fourth-order valence-corrected chi connectivity index (χ4v) is 2.03. The maximum Gasteiger partial charge on any atom is 0.225 e. The summed E-state index contributed by atoms with van der Waals surface area (Å²) in [6, 6.07) is 1.82. The van der Waals surface area contributed by atoms with Crippen molar-refractivity contribution in [2.45, 2.75) is 6.10 Å². The monoisotopic (exact) mass is 256 g/mol. The first-order valence-corrected chi connectivity index (χ1v) is 6.31. The molecule has 1 aromatic rings. The van der Waals surface area contributed by atoms with Crippen molar-refractivity contribution in [3.05, 3.63) is 18.5 Å². The Morgan fingerprint density at radius 1 is 1.24 bits per heavy atom. The summed E-state index contributed by atoms with van der Waals surface area (Å²) in [6.45, 7) is 4.24. The molecule has 2 heterocycles. The van der Waals surface area contributed by atoms with Gasteiger partial charge < -0.3 is 10.0 Å². The first-order chi connectivity index (χ1) is 8.29. The van der Waals surface area contributed by atoms with Crippen LogP contribution in [0.4, 0.5) is 5.95 Å². The number of alkyl halides is 1. The number of aromatic nitrogens is 2. The largest absolute Gasteiger partial charge is 0.391 e. The van der Waals surface area contributed by atoms with Crippen LogP contribution in [0.5, 0.6) is 0 Å². The highest BCUT2D eigenvalue weighted by Crippen LogP contribution is 2.09. The summed E-state index contributed by atoms with van der Waals surface area (Å²) in [5.41, 5.74) is 0. The van der Waals surface area contributed by atoms with E-state index in [9.17, 15) is 5.11 Å². The maximum absolute atomic E-state index is 9.48. The van der Waals surface area contributed by atoms with Crippen LogP contribution in [0.25, 0.3) is 0 Å². The van der Waals surface area contributed by atoms with Crippen LogP contribution >= 0.6 is 11.6 Å². The van der Waals surface area contributed by atoms with Gasteiger partial charge >= 0.3 is 0 Å². The topological polar surface area (TPSA) is 52.5 Å². The van der Waals surface area contributed by atoms with E-state index in [1.54, 1.807) is 12.4 Å². The second kappa shape index (κ2) is 6.14. The minimum Gasteiger partial charge on any atom is -0.391 e. The quantitative estimate of drug-likeness (QED) is 0.780. The fourth-order valence-electron chi connectivity index (χ4n) is 1.93. The van der Waals surface area contributed by atoms with Crippen molar-refractivity contribution >= 4 is 17.5 Å². The van der Waals surface area contributed by atoms with Crippen LogP contribution in [-0.4, -0.2) is 64.7 Å². The Labute approximate surface area is 106 Å². The van der Waals surface area contributed by atoms with E-state index in [1.807, 2.05) is 6.07 Å². The van der Waals surface area contributed by atoms with Gasteiger partial charge in [0, 0.05) is 51.0 Å². The van der Waals surface area contributed by atoms with Crippen LogP contribution < -0.4 is 4.90 Å². The Bertz CT molecular complexity index is 330. The Hall–Kier alpha value is -0.910. The zero-order valence-corrected chi connectivity index (χ0v) is 10.4. The van der Waals surface area contributed by atoms with Gasteiger partial charge in [-0.05, 0) is 6.07 Å². The van der Waals surface area contributed by atoms with Crippen LogP contribution in [0.1, 0.15) is 0 Å². The molecule has 1 atom stereocenters. The molecule has 0 saturated carbocycles. The van der Waals surface area contributed by atoms with Gasteiger partial charge in [0.15, 0.2) is 0 Å². The molecule has 2 rings (SSSR count). The summed E-state index contributed by atoms with van der Waals surface area (Å²) < 4.78 is 0. The Balaban J connectivity index is 1.82. The van der Waals surface area contributed by atoms with E-state index in [0.29, 0.717) is 12.4 Å². The molecule has 1 aromatic heterocycles. The zero-order valence-electron chi connectivity index (χ0n) is 9.67. The highest BCUT2D eigenvalue weighted by atomic mass is 35.5. The molecule has 1 aliphatic heterocycles. The summed E-state index contributed by atoms with van der Waals surface area (Å²) in [6.07, 6.45) is 3.08. The van der Waals surface area contributed by atoms with Crippen molar-refractivity contribution in [3.8, 4) is 0 Å². The molecule has 1 unspecified atom stereocenters. The van der Waals surface area contributed by atoms with E-state index >= 15 is 0 Å². The lowest BCUT2D eigenvalue weighted by molar-refractivity contribution is 0.125. The van der Waals surface area contributed by atoms with Gasteiger partial charge in [-0.25, -0.2) is 9.97 Å². The average Bonchev–Trinajstić information content (AvgIpc) is 2.40. The standard InChI is InChI=1S/C11H17ClN4O/c12-8-10(17)9-15-4-6-16(7-5-15)11-13-2-1-3-14-11/h1-3,10,17H,4-9H2. The molecule has 0 spiro atoms. The van der Waals surface area contributed by atoms with Crippen LogP contribution in [0, 0.1) is 0 Å². The second-order valence-corrected chi connectivity index (χ2v) is 4.45. The van der Waals surface area contributed by atoms with Gasteiger partial charge in [0.2, 0.25) is 5.95 Å². The number of halogens is 1. The SMILES string of the molecule is OC(CCl)CN1CCN(c2ncccn2)CC1. The van der Waals surface area contributed by atoms with Crippen molar-refractivity contribution in [1.82, 2.24) is 14.9 Å². The second-order valence-electron chi connectivity index (χ2n) is 4.14. The van der Waals surface area contributed by atoms with Gasteiger partial charge in [-0.1, -0.05) is 0 Å². The summed E-state index contributed by atoms with van der Waals surface area (Å²) in [7, 11) is 0. The molecule has 0 radical (unpaired) electrons. The predicted molar refractivity (Wildman–Crippen MR) is 67.4 cm³/mol. The molecular formula is C11H17ClN4O. The van der Waals surface area contributed by atoms with Crippen LogP contribution in [0.15, 0.2) is 18.5 Å². The molecule has 0 bridgehead atoms. The number of piperazine rings is 1. The number of nitrogens with zero attached hydrogens (tertiary/aromatic N) is 4. The van der Waals surface area contributed by atoms with Crippen molar-refractivity contribution in [2.24, 2.45) is 0 Å². The fraction of sp³-hybridized carbons (Fsp3) is 0.636. The van der Waals surface area contributed by atoms with E-state index in [-0.39, 0.29) is 0 Å². The third kappa shape index (κ3) is 3.52. The number of aliphatic hydroxyl groups excluding tert-OH is 1. The molecule has 5 nitrogen and oxygen atoms in total. The van der Waals surface area contributed by atoms with Gasteiger partial charge in [0.1, 0.15) is 0 Å². The van der Waals surface area contributed by atoms with E-state index in [4.69, 9.17) is 11.6 Å². The summed E-state index contributed by atoms with van der Waals surface area (Å²) in [4.78, 5) is 12.8. The number of rotatable bonds is 4. The minimum atomic E-state index is -0.434. The predicted octanol–water partition coefficient (Wildman–Crippen LogP) is 0.198. The Morgan fingerprint density at radius 3 is 2.47 bits per heavy atom. The molecule has 6 heteroatoms. The van der Waals surface area contributed by atoms with Crippen molar-refractivity contribution < 1.29 is 5.11 Å². The van der Waals surface area contributed by atoms with Crippen LogP contribution in [-0.2, 0) is 0 Å². The van der Waals surface area contributed by atoms with E-state index in [1.165, 1.54) is 0 Å². The average molecular weight is 257 g/mol. The molecule has 0 aliphatic carbocycles. The lowest BCUT2D eigenvalue weighted by Crippen LogP contribution is -2.49. The summed E-state index contributed by atoms with van der Waals surface area (Å²) in [5, 5.41) is 9.48. The normalized spacial score (nSPS) is 19.3. The molecule has 0 aromatic carbocycles. The first kappa shape index (κ1) is 12.5. The summed E-state index contributed by atoms with van der Waals surface area (Å²) >= 11 is 5.59. The van der Waals surface area contributed by atoms with Gasteiger partial charge in [0.25, 0.3) is 0 Å². The molecule has 1 aliphatic rings. The smallest absolute Gasteiger partial charge is 0.225 e. The number of hydrogen-bond acceptors (Lipinski definition) is 5. The molecule has 0 amide bonds. The van der Waals surface area contributed by atoms with Crippen LogP contribution in [0.3, 0.4) is 0 Å². The number of β-amino-alcohol motifs (C(OH)–C–C–N with tert-alkyl or cyclic N) is 1. The van der Waals surface area contributed by atoms with Gasteiger partial charge in [0.05, 0.1) is 6.10 Å². The lowest BCUT2D eigenvalue weighted by atomic mass is 10.3. The number of hydrogen-bond donors (Lipinski definition) is 1. The molecule has 1 saturated heterocycles. The maximum atomic E-state index is 9.48. The number of aliphatic hydroxyl groups is 1. The lowest BCUT2D eigenvalue weighted by Gasteiger charge is -2.35. The zero-order chi connectivity index (χ0) is 12.1. The van der Waals surface area contributed by atoms with Crippen LogP contribution in [0.2, 0.25) is 0 Å². The molecule has 94 valence electrons. The van der Waals surface area contributed by atoms with Crippen molar-refractivity contribution in [1.29, 1.82) is 0 Å². The molecule has 1 fully saturated rings. The number of anilines is 1. The van der Waals surface area contributed by atoms with E-state index in [0.717, 1.165) is 32.1 Å². The molecule has 17 heavy (non-hydrogen) atoms. The highest BCUT2D eigenvalue weighted by Gasteiger charge is 2.20. The Kier molecular flexibility index (Phi) is 4.53. The van der Waals surface area contributed by atoms with Crippen molar-refractivity contribution in [2.75, 3.05) is 43.5 Å².